The Morgan fingerprint density at radius 1 is 1.24 bits per heavy atom. The number of hydrogen-bond donors (Lipinski definition) is 1. The van der Waals surface area contributed by atoms with E-state index in [1.807, 2.05) is 18.2 Å². The second kappa shape index (κ2) is 7.31. The predicted octanol–water partition coefficient (Wildman–Crippen LogP) is 2.71. The first-order valence-electron chi connectivity index (χ1n) is 7.33. The number of aliphatic carboxylic acids is 1. The number of carbonyl (C=O) groups is 1. The SMILES string of the molecule is COc1ccc(OC)c(C(CC(=O)O)N2CCCCC2)c1. The monoisotopic (exact) mass is 293 g/mol. The predicted molar refractivity (Wildman–Crippen MR) is 80.0 cm³/mol. The minimum absolute atomic E-state index is 0.0729. The molecular formula is C16H23NO4. The summed E-state index contributed by atoms with van der Waals surface area (Å²) in [6, 6.07) is 5.39. The number of carboxylic acids is 1. The standard InChI is InChI=1S/C16H23NO4/c1-20-12-6-7-15(21-2)13(10-12)14(11-16(18)19)17-8-4-3-5-9-17/h6-7,10,14H,3-5,8-9,11H2,1-2H3,(H,18,19). The molecule has 5 nitrogen and oxygen atoms in total. The second-order valence-electron chi connectivity index (χ2n) is 5.32. The van der Waals surface area contributed by atoms with Crippen molar-refractivity contribution in [2.75, 3.05) is 27.3 Å². The molecule has 0 aliphatic carbocycles. The van der Waals surface area contributed by atoms with E-state index >= 15 is 0 Å². The molecular weight excluding hydrogens is 270 g/mol. The van der Waals surface area contributed by atoms with Crippen LogP contribution in [0.15, 0.2) is 18.2 Å². The van der Waals surface area contributed by atoms with Crippen LogP contribution in [0.2, 0.25) is 0 Å². The summed E-state index contributed by atoms with van der Waals surface area (Å²) in [4.78, 5) is 13.5. The van der Waals surface area contributed by atoms with E-state index in [4.69, 9.17) is 9.47 Å². The average molecular weight is 293 g/mol. The number of methoxy groups -OCH3 is 2. The van der Waals surface area contributed by atoms with Gasteiger partial charge in [0.15, 0.2) is 0 Å². The molecule has 1 saturated heterocycles. The largest absolute Gasteiger partial charge is 0.497 e. The third-order valence-corrected chi connectivity index (χ3v) is 4.00. The van der Waals surface area contributed by atoms with Gasteiger partial charge in [0.25, 0.3) is 0 Å². The smallest absolute Gasteiger partial charge is 0.305 e. The van der Waals surface area contributed by atoms with Gasteiger partial charge in [-0.25, -0.2) is 0 Å². The molecule has 1 aliphatic heterocycles. The molecule has 1 N–H and O–H groups in total. The molecule has 0 aromatic heterocycles. The van der Waals surface area contributed by atoms with Gasteiger partial charge >= 0.3 is 5.97 Å². The van der Waals surface area contributed by atoms with Gasteiger partial charge in [-0.05, 0) is 44.1 Å². The van der Waals surface area contributed by atoms with Crippen molar-refractivity contribution in [2.45, 2.75) is 31.7 Å². The Kier molecular flexibility index (Phi) is 5.44. The van der Waals surface area contributed by atoms with Crippen LogP contribution >= 0.6 is 0 Å². The van der Waals surface area contributed by atoms with Crippen molar-refractivity contribution < 1.29 is 19.4 Å². The van der Waals surface area contributed by atoms with Gasteiger partial charge in [0, 0.05) is 11.6 Å². The first-order valence-corrected chi connectivity index (χ1v) is 7.33. The fourth-order valence-electron chi connectivity index (χ4n) is 2.93. The van der Waals surface area contributed by atoms with E-state index in [-0.39, 0.29) is 12.5 Å². The Bertz CT molecular complexity index is 483. The van der Waals surface area contributed by atoms with E-state index in [0.29, 0.717) is 5.75 Å². The highest BCUT2D eigenvalue weighted by Gasteiger charge is 2.27. The average Bonchev–Trinajstić information content (AvgIpc) is 2.52. The quantitative estimate of drug-likeness (QED) is 0.874. The van der Waals surface area contributed by atoms with Crippen LogP contribution in [-0.2, 0) is 4.79 Å². The summed E-state index contributed by atoms with van der Waals surface area (Å²) in [6.45, 7) is 1.86. The Hall–Kier alpha value is -1.75. The maximum absolute atomic E-state index is 11.3. The second-order valence-corrected chi connectivity index (χ2v) is 5.32. The van der Waals surface area contributed by atoms with E-state index in [0.717, 1.165) is 37.2 Å². The third kappa shape index (κ3) is 3.88. The van der Waals surface area contributed by atoms with Gasteiger partial charge < -0.3 is 14.6 Å². The normalized spacial score (nSPS) is 17.2. The van der Waals surface area contributed by atoms with Gasteiger partial charge in [-0.3, -0.25) is 9.69 Å². The molecule has 2 rings (SSSR count). The molecule has 1 unspecified atom stereocenters. The van der Waals surface area contributed by atoms with E-state index in [1.165, 1.54) is 6.42 Å². The molecule has 0 radical (unpaired) electrons. The van der Waals surface area contributed by atoms with Gasteiger partial charge in [-0.2, -0.15) is 0 Å². The van der Waals surface area contributed by atoms with E-state index in [1.54, 1.807) is 14.2 Å². The summed E-state index contributed by atoms with van der Waals surface area (Å²) in [5.41, 5.74) is 0.890. The molecule has 5 heteroatoms. The Morgan fingerprint density at radius 2 is 1.95 bits per heavy atom. The molecule has 1 aromatic rings. The Labute approximate surface area is 125 Å². The lowest BCUT2D eigenvalue weighted by molar-refractivity contribution is -0.138. The molecule has 21 heavy (non-hydrogen) atoms. The van der Waals surface area contributed by atoms with Crippen molar-refractivity contribution in [1.82, 2.24) is 4.90 Å². The fourth-order valence-corrected chi connectivity index (χ4v) is 2.93. The first kappa shape index (κ1) is 15.6. The highest BCUT2D eigenvalue weighted by molar-refractivity contribution is 5.68. The van der Waals surface area contributed by atoms with E-state index in [9.17, 15) is 9.90 Å². The van der Waals surface area contributed by atoms with Crippen molar-refractivity contribution in [3.63, 3.8) is 0 Å². The topological polar surface area (TPSA) is 59.0 Å². The molecule has 0 saturated carbocycles. The van der Waals surface area contributed by atoms with Gasteiger partial charge in [0.1, 0.15) is 11.5 Å². The number of carboxylic acid groups (broad SMARTS) is 1. The van der Waals surface area contributed by atoms with Crippen molar-refractivity contribution >= 4 is 5.97 Å². The summed E-state index contributed by atoms with van der Waals surface area (Å²) in [5, 5.41) is 9.27. The van der Waals surface area contributed by atoms with Gasteiger partial charge in [0.05, 0.1) is 20.6 Å². The lowest BCUT2D eigenvalue weighted by Gasteiger charge is -2.34. The number of nitrogens with zero attached hydrogens (tertiary/aromatic N) is 1. The van der Waals surface area contributed by atoms with Crippen LogP contribution < -0.4 is 9.47 Å². The molecule has 1 atom stereocenters. The van der Waals surface area contributed by atoms with Crippen LogP contribution in [0.3, 0.4) is 0 Å². The van der Waals surface area contributed by atoms with Crippen LogP contribution in [0, 0.1) is 0 Å². The summed E-state index contributed by atoms with van der Waals surface area (Å²) in [6.07, 6.45) is 3.51. The minimum atomic E-state index is -0.796. The van der Waals surface area contributed by atoms with Crippen molar-refractivity contribution in [3.05, 3.63) is 23.8 Å². The summed E-state index contributed by atoms with van der Waals surface area (Å²) in [5.74, 6) is 0.640. The molecule has 0 bridgehead atoms. The van der Waals surface area contributed by atoms with Crippen molar-refractivity contribution in [2.24, 2.45) is 0 Å². The van der Waals surface area contributed by atoms with Gasteiger partial charge in [-0.1, -0.05) is 6.42 Å². The number of likely N-dealkylation sites (tertiary alicyclic amines) is 1. The molecule has 116 valence electrons. The van der Waals surface area contributed by atoms with Crippen molar-refractivity contribution in [1.29, 1.82) is 0 Å². The molecule has 0 spiro atoms. The fraction of sp³-hybridized carbons (Fsp3) is 0.562. The number of rotatable bonds is 6. The van der Waals surface area contributed by atoms with E-state index in [2.05, 4.69) is 4.90 Å². The van der Waals surface area contributed by atoms with Crippen LogP contribution in [-0.4, -0.2) is 43.3 Å². The maximum Gasteiger partial charge on any atom is 0.305 e. The Morgan fingerprint density at radius 3 is 2.52 bits per heavy atom. The van der Waals surface area contributed by atoms with Crippen LogP contribution in [0.1, 0.15) is 37.3 Å². The van der Waals surface area contributed by atoms with Crippen LogP contribution in [0.4, 0.5) is 0 Å². The number of benzene rings is 1. The molecule has 1 fully saturated rings. The molecule has 1 aromatic carbocycles. The lowest BCUT2D eigenvalue weighted by atomic mass is 9.97. The number of piperidine rings is 1. The zero-order chi connectivity index (χ0) is 15.2. The van der Waals surface area contributed by atoms with Crippen LogP contribution in [0.25, 0.3) is 0 Å². The maximum atomic E-state index is 11.3. The third-order valence-electron chi connectivity index (χ3n) is 4.00. The lowest BCUT2D eigenvalue weighted by Crippen LogP contribution is -2.35. The minimum Gasteiger partial charge on any atom is -0.497 e. The summed E-state index contributed by atoms with van der Waals surface area (Å²) >= 11 is 0. The first-order chi connectivity index (χ1) is 10.2. The highest BCUT2D eigenvalue weighted by Crippen LogP contribution is 2.36. The van der Waals surface area contributed by atoms with E-state index < -0.39 is 5.97 Å². The molecule has 1 aliphatic rings. The van der Waals surface area contributed by atoms with Crippen LogP contribution in [0.5, 0.6) is 11.5 Å². The zero-order valence-electron chi connectivity index (χ0n) is 12.7. The van der Waals surface area contributed by atoms with Gasteiger partial charge in [-0.15, -0.1) is 0 Å². The highest BCUT2D eigenvalue weighted by atomic mass is 16.5. The van der Waals surface area contributed by atoms with Gasteiger partial charge in [0.2, 0.25) is 0 Å². The number of hydrogen-bond acceptors (Lipinski definition) is 4. The summed E-state index contributed by atoms with van der Waals surface area (Å²) < 4.78 is 10.7. The molecule has 0 amide bonds. The van der Waals surface area contributed by atoms with Crippen molar-refractivity contribution in [3.8, 4) is 11.5 Å². The number of ether oxygens (including phenoxy) is 2. The summed E-state index contributed by atoms with van der Waals surface area (Å²) in [7, 11) is 3.22. The zero-order valence-corrected chi connectivity index (χ0v) is 12.7. The molecule has 1 heterocycles. The Balaban J connectivity index is 2.36.